The molecule has 0 aliphatic carbocycles. The Morgan fingerprint density at radius 2 is 2.18 bits per heavy atom. The Hall–Kier alpha value is -2.35. The Balaban J connectivity index is 1.85. The quantitative estimate of drug-likeness (QED) is 0.810. The average Bonchev–Trinajstić information content (AvgIpc) is 2.86. The molecule has 2 aromatic rings. The lowest BCUT2D eigenvalue weighted by molar-refractivity contribution is 0.0658. The van der Waals surface area contributed by atoms with Crippen molar-refractivity contribution in [2.45, 2.75) is 20.0 Å². The predicted molar refractivity (Wildman–Crippen MR) is 76.9 cm³/mol. The fourth-order valence-corrected chi connectivity index (χ4v) is 2.57. The van der Waals surface area contributed by atoms with Crippen molar-refractivity contribution >= 4 is 5.91 Å². The number of carbonyl (C=O) groups is 1. The molecule has 0 aromatic carbocycles. The van der Waals surface area contributed by atoms with Crippen molar-refractivity contribution in [1.82, 2.24) is 29.6 Å². The first-order chi connectivity index (χ1) is 10.7. The molecule has 0 spiro atoms. The highest BCUT2D eigenvalue weighted by atomic mass is 16.5. The Kier molecular flexibility index (Phi) is 4.10. The topological polar surface area (TPSA) is 86.0 Å². The smallest absolute Gasteiger partial charge is 0.274 e. The molecular weight excluding hydrogens is 284 g/mol. The van der Waals surface area contributed by atoms with Crippen molar-refractivity contribution in [2.24, 2.45) is 5.92 Å². The minimum Gasteiger partial charge on any atom is -0.384 e. The van der Waals surface area contributed by atoms with Gasteiger partial charge < -0.3 is 9.64 Å². The van der Waals surface area contributed by atoms with Crippen molar-refractivity contribution in [3.8, 4) is 0 Å². The van der Waals surface area contributed by atoms with Gasteiger partial charge in [-0.1, -0.05) is 0 Å². The van der Waals surface area contributed by atoms with Crippen LogP contribution in [-0.2, 0) is 17.8 Å². The molecule has 0 unspecified atom stereocenters. The molecule has 0 saturated carbocycles. The van der Waals surface area contributed by atoms with Crippen LogP contribution < -0.4 is 0 Å². The van der Waals surface area contributed by atoms with Crippen molar-refractivity contribution in [1.29, 1.82) is 0 Å². The molecule has 116 valence electrons. The summed E-state index contributed by atoms with van der Waals surface area (Å²) in [7, 11) is 1.66. The van der Waals surface area contributed by atoms with Crippen molar-refractivity contribution in [2.75, 3.05) is 20.3 Å². The summed E-state index contributed by atoms with van der Waals surface area (Å²) in [4.78, 5) is 26.9. The van der Waals surface area contributed by atoms with Crippen LogP contribution in [0, 0.1) is 12.8 Å². The van der Waals surface area contributed by atoms with Gasteiger partial charge in [0.15, 0.2) is 0 Å². The van der Waals surface area contributed by atoms with Crippen LogP contribution >= 0.6 is 0 Å². The lowest BCUT2D eigenvalue weighted by Gasteiger charge is -2.23. The molecule has 0 radical (unpaired) electrons. The third-order valence-corrected chi connectivity index (χ3v) is 3.63. The van der Waals surface area contributed by atoms with E-state index in [1.165, 1.54) is 12.5 Å². The molecule has 0 fully saturated rings. The number of hydrogen-bond donors (Lipinski definition) is 0. The van der Waals surface area contributed by atoms with Gasteiger partial charge in [-0.2, -0.15) is 5.10 Å². The van der Waals surface area contributed by atoms with Gasteiger partial charge in [-0.3, -0.25) is 9.78 Å². The van der Waals surface area contributed by atoms with E-state index < -0.39 is 0 Å². The number of aromatic nitrogens is 5. The molecule has 3 rings (SSSR count). The highest BCUT2D eigenvalue weighted by Crippen LogP contribution is 2.16. The Morgan fingerprint density at radius 3 is 2.91 bits per heavy atom. The Bertz CT molecular complexity index is 654. The predicted octanol–water partition coefficient (Wildman–Crippen LogP) is 0.295. The largest absolute Gasteiger partial charge is 0.384 e. The molecule has 8 heteroatoms. The van der Waals surface area contributed by atoms with E-state index in [0.29, 0.717) is 31.9 Å². The third-order valence-electron chi connectivity index (χ3n) is 3.63. The second-order valence-corrected chi connectivity index (χ2v) is 5.41. The molecule has 22 heavy (non-hydrogen) atoms. The summed E-state index contributed by atoms with van der Waals surface area (Å²) in [6, 6.07) is 0. The molecule has 0 N–H and O–H groups in total. The number of methoxy groups -OCH3 is 1. The normalized spacial score (nSPS) is 17.9. The molecular formula is C14H18N6O2. The van der Waals surface area contributed by atoms with Crippen LogP contribution in [0.25, 0.3) is 0 Å². The number of fused-ring (bicyclic) bond motifs is 1. The highest BCUT2D eigenvalue weighted by molar-refractivity contribution is 5.91. The van der Waals surface area contributed by atoms with Crippen LogP contribution in [0.15, 0.2) is 18.7 Å². The first-order valence-corrected chi connectivity index (χ1v) is 7.11. The van der Waals surface area contributed by atoms with Gasteiger partial charge >= 0.3 is 0 Å². The maximum atomic E-state index is 12.7. The van der Waals surface area contributed by atoms with Gasteiger partial charge in [-0.15, -0.1) is 0 Å². The van der Waals surface area contributed by atoms with E-state index in [-0.39, 0.29) is 11.8 Å². The van der Waals surface area contributed by atoms with Crippen molar-refractivity contribution in [3.63, 3.8) is 0 Å². The van der Waals surface area contributed by atoms with E-state index in [1.807, 2.05) is 11.6 Å². The van der Waals surface area contributed by atoms with Crippen molar-refractivity contribution in [3.05, 3.63) is 35.9 Å². The lowest BCUT2D eigenvalue weighted by atomic mass is 10.1. The fourth-order valence-electron chi connectivity index (χ4n) is 2.57. The fraction of sp³-hybridized carbons (Fsp3) is 0.500. The summed E-state index contributed by atoms with van der Waals surface area (Å²) in [5.74, 6) is 0.785. The van der Waals surface area contributed by atoms with Crippen LogP contribution in [0.3, 0.4) is 0 Å². The van der Waals surface area contributed by atoms with E-state index >= 15 is 0 Å². The Morgan fingerprint density at radius 1 is 1.32 bits per heavy atom. The number of hydrogen-bond acceptors (Lipinski definition) is 6. The molecule has 8 nitrogen and oxygen atoms in total. The molecule has 0 bridgehead atoms. The monoisotopic (exact) mass is 302 g/mol. The second-order valence-electron chi connectivity index (χ2n) is 5.41. The van der Waals surface area contributed by atoms with Gasteiger partial charge in [0.25, 0.3) is 5.91 Å². The molecule has 0 saturated heterocycles. The minimum atomic E-state index is -0.148. The molecule has 3 heterocycles. The minimum absolute atomic E-state index is 0.148. The Labute approximate surface area is 128 Å². The number of amides is 1. The van der Waals surface area contributed by atoms with E-state index in [1.54, 1.807) is 18.2 Å². The number of rotatable bonds is 3. The van der Waals surface area contributed by atoms with E-state index in [4.69, 9.17) is 4.74 Å². The van der Waals surface area contributed by atoms with Crippen LogP contribution in [0.5, 0.6) is 0 Å². The molecule has 1 atom stereocenters. The standard InChI is InChI=1S/C14H18N6O2/c1-10-3-16-12(4-15-10)14(21)19-5-11(8-22-2)6-20-13(7-19)17-9-18-20/h3-4,9,11H,5-8H2,1-2H3/t11-/m0/s1. The maximum Gasteiger partial charge on any atom is 0.274 e. The first kappa shape index (κ1) is 14.6. The van der Waals surface area contributed by atoms with E-state index in [2.05, 4.69) is 20.1 Å². The van der Waals surface area contributed by atoms with Crippen molar-refractivity contribution < 1.29 is 9.53 Å². The molecule has 1 aliphatic rings. The number of ether oxygens (including phenoxy) is 1. The molecule has 1 aliphatic heterocycles. The van der Waals surface area contributed by atoms with E-state index in [0.717, 1.165) is 11.5 Å². The zero-order valence-electron chi connectivity index (χ0n) is 12.6. The zero-order valence-corrected chi connectivity index (χ0v) is 12.6. The number of nitrogens with zero attached hydrogens (tertiary/aromatic N) is 6. The molecule has 1 amide bonds. The number of carbonyl (C=O) groups excluding carboxylic acids is 1. The summed E-state index contributed by atoms with van der Waals surface area (Å²) in [6.07, 6.45) is 4.62. The van der Waals surface area contributed by atoms with Gasteiger partial charge in [0.1, 0.15) is 17.8 Å². The van der Waals surface area contributed by atoms with Gasteiger partial charge in [-0.25, -0.2) is 14.6 Å². The number of aryl methyl sites for hydroxylation is 1. The molecule has 2 aromatic heterocycles. The highest BCUT2D eigenvalue weighted by Gasteiger charge is 2.27. The van der Waals surface area contributed by atoms with Crippen LogP contribution in [0.2, 0.25) is 0 Å². The van der Waals surface area contributed by atoms with Crippen LogP contribution in [0.4, 0.5) is 0 Å². The zero-order chi connectivity index (χ0) is 15.5. The van der Waals surface area contributed by atoms with Gasteiger partial charge in [0.05, 0.1) is 25.0 Å². The van der Waals surface area contributed by atoms with E-state index in [9.17, 15) is 4.79 Å². The van der Waals surface area contributed by atoms with Gasteiger partial charge in [0, 0.05) is 32.3 Å². The van der Waals surface area contributed by atoms with Gasteiger partial charge in [-0.05, 0) is 6.92 Å². The summed E-state index contributed by atoms with van der Waals surface area (Å²) >= 11 is 0. The summed E-state index contributed by atoms with van der Waals surface area (Å²) in [6.45, 7) is 4.07. The second kappa shape index (κ2) is 6.18. The summed E-state index contributed by atoms with van der Waals surface area (Å²) < 4.78 is 7.08. The summed E-state index contributed by atoms with van der Waals surface area (Å²) in [5.41, 5.74) is 1.12. The SMILES string of the molecule is COC[C@H]1CN(C(=O)c2cnc(C)cn2)Cc2ncnn2C1. The summed E-state index contributed by atoms with van der Waals surface area (Å²) in [5, 5.41) is 4.21. The lowest BCUT2D eigenvalue weighted by Crippen LogP contribution is -2.35. The first-order valence-electron chi connectivity index (χ1n) is 7.11. The van der Waals surface area contributed by atoms with Crippen LogP contribution in [-0.4, -0.2) is 55.8 Å². The maximum absolute atomic E-state index is 12.7. The average molecular weight is 302 g/mol. The van der Waals surface area contributed by atoms with Crippen LogP contribution in [0.1, 0.15) is 22.0 Å². The third kappa shape index (κ3) is 2.96. The van der Waals surface area contributed by atoms with Gasteiger partial charge in [0.2, 0.25) is 0 Å².